The number of aromatic amines is 1. The van der Waals surface area contributed by atoms with Gasteiger partial charge in [0.05, 0.1) is 10.6 Å². The van der Waals surface area contributed by atoms with Crippen LogP contribution in [0.25, 0.3) is 10.8 Å². The molecule has 0 bridgehead atoms. The molecule has 0 atom stereocenters. The second kappa shape index (κ2) is 6.56. The quantitative estimate of drug-likeness (QED) is 0.535. The van der Waals surface area contributed by atoms with Gasteiger partial charge in [-0.2, -0.15) is 0 Å². The Balaban J connectivity index is 2.06. The minimum atomic E-state index is -0.437. The first-order valence-electron chi connectivity index (χ1n) is 6.82. The van der Waals surface area contributed by atoms with Crippen molar-refractivity contribution in [2.24, 2.45) is 0 Å². The smallest absolute Gasteiger partial charge is 0.258 e. The van der Waals surface area contributed by atoms with Crippen LogP contribution in [0.5, 0.6) is 0 Å². The summed E-state index contributed by atoms with van der Waals surface area (Å²) in [4.78, 5) is 14.9. The minimum absolute atomic E-state index is 0.154. The molecule has 0 amide bonds. The number of H-pyrrole nitrogens is 1. The molecular formula is C17H12ClFN2OS. The van der Waals surface area contributed by atoms with Gasteiger partial charge in [-0.25, -0.2) is 4.39 Å². The normalized spacial score (nSPS) is 10.9. The topological polar surface area (TPSA) is 56.7 Å². The van der Waals surface area contributed by atoms with Crippen molar-refractivity contribution in [3.8, 4) is 0 Å². The zero-order chi connectivity index (χ0) is 16.4. The van der Waals surface area contributed by atoms with E-state index in [2.05, 4.69) is 4.98 Å². The van der Waals surface area contributed by atoms with E-state index in [-0.39, 0.29) is 5.56 Å². The summed E-state index contributed by atoms with van der Waals surface area (Å²) in [6, 6.07) is 11.7. The lowest BCUT2D eigenvalue weighted by Gasteiger charge is -2.09. The number of nitrogens with one attached hydrogen (secondary N) is 2. The molecule has 0 radical (unpaired) electrons. The van der Waals surface area contributed by atoms with Gasteiger partial charge in [0.25, 0.3) is 5.56 Å². The predicted molar refractivity (Wildman–Crippen MR) is 93.4 cm³/mol. The van der Waals surface area contributed by atoms with Crippen LogP contribution in [0.2, 0.25) is 5.02 Å². The van der Waals surface area contributed by atoms with E-state index in [1.165, 1.54) is 23.9 Å². The van der Waals surface area contributed by atoms with Crippen LogP contribution in [0, 0.1) is 11.2 Å². The standard InChI is InChI=1S/C17H12ClFN2OS/c18-15-4-2-1-3-10(15)9-23-17-12-6-5-11(19)7-13(12)14(8-20)16(22)21-17/h1-8,20H,9H2,(H,21,22). The number of thioether (sulfide) groups is 1. The van der Waals surface area contributed by atoms with E-state index >= 15 is 0 Å². The first-order valence-corrected chi connectivity index (χ1v) is 8.18. The molecular weight excluding hydrogens is 335 g/mol. The van der Waals surface area contributed by atoms with Crippen LogP contribution in [-0.2, 0) is 5.75 Å². The van der Waals surface area contributed by atoms with E-state index in [0.717, 1.165) is 11.8 Å². The highest BCUT2D eigenvalue weighted by molar-refractivity contribution is 7.98. The Morgan fingerprint density at radius 2 is 2.00 bits per heavy atom. The predicted octanol–water partition coefficient (Wildman–Crippen LogP) is 4.61. The Labute approximate surface area is 141 Å². The Morgan fingerprint density at radius 1 is 1.22 bits per heavy atom. The first kappa shape index (κ1) is 15.8. The number of pyridine rings is 1. The Hall–Kier alpha value is -2.11. The zero-order valence-corrected chi connectivity index (χ0v) is 13.5. The lowest BCUT2D eigenvalue weighted by atomic mass is 10.1. The molecule has 0 spiro atoms. The van der Waals surface area contributed by atoms with Crippen molar-refractivity contribution in [1.82, 2.24) is 4.98 Å². The highest BCUT2D eigenvalue weighted by Gasteiger charge is 2.11. The molecule has 0 aliphatic carbocycles. The van der Waals surface area contributed by atoms with E-state index in [0.29, 0.717) is 26.6 Å². The molecule has 3 aromatic rings. The van der Waals surface area contributed by atoms with Gasteiger partial charge in [0.2, 0.25) is 0 Å². The van der Waals surface area contributed by atoms with Crippen LogP contribution >= 0.6 is 23.4 Å². The molecule has 6 heteroatoms. The van der Waals surface area contributed by atoms with Crippen LogP contribution in [0.4, 0.5) is 4.39 Å². The van der Waals surface area contributed by atoms with Crippen molar-refractivity contribution < 1.29 is 4.39 Å². The van der Waals surface area contributed by atoms with E-state index in [1.807, 2.05) is 24.3 Å². The third-order valence-electron chi connectivity index (χ3n) is 3.46. The second-order valence-corrected chi connectivity index (χ2v) is 6.30. The van der Waals surface area contributed by atoms with Crippen molar-refractivity contribution >= 4 is 40.3 Å². The Bertz CT molecular complexity index is 955. The van der Waals surface area contributed by atoms with Crippen LogP contribution in [-0.4, -0.2) is 11.2 Å². The van der Waals surface area contributed by atoms with Crippen molar-refractivity contribution in [2.75, 3.05) is 0 Å². The SMILES string of the molecule is N=Cc1c(=O)[nH]c(SCc2ccccc2Cl)c2ccc(F)cc12. The lowest BCUT2D eigenvalue weighted by molar-refractivity contribution is 0.629. The lowest BCUT2D eigenvalue weighted by Crippen LogP contribution is -2.13. The Morgan fingerprint density at radius 3 is 2.74 bits per heavy atom. The maximum atomic E-state index is 13.5. The largest absolute Gasteiger partial charge is 0.316 e. The maximum Gasteiger partial charge on any atom is 0.258 e. The van der Waals surface area contributed by atoms with E-state index < -0.39 is 11.4 Å². The molecule has 0 aliphatic heterocycles. The number of hydrogen-bond donors (Lipinski definition) is 2. The summed E-state index contributed by atoms with van der Waals surface area (Å²) in [7, 11) is 0. The van der Waals surface area contributed by atoms with Gasteiger partial charge in [-0.15, -0.1) is 11.8 Å². The molecule has 0 fully saturated rings. The molecule has 3 rings (SSSR count). The second-order valence-electron chi connectivity index (χ2n) is 4.91. The van der Waals surface area contributed by atoms with E-state index in [1.54, 1.807) is 6.07 Å². The monoisotopic (exact) mass is 346 g/mol. The molecule has 0 saturated carbocycles. The van der Waals surface area contributed by atoms with Gasteiger partial charge in [-0.05, 0) is 29.8 Å². The van der Waals surface area contributed by atoms with Crippen LogP contribution in [0.15, 0.2) is 52.3 Å². The molecule has 0 aliphatic rings. The summed E-state index contributed by atoms with van der Waals surface area (Å²) in [6.45, 7) is 0. The highest BCUT2D eigenvalue weighted by atomic mass is 35.5. The molecule has 23 heavy (non-hydrogen) atoms. The van der Waals surface area contributed by atoms with Crippen molar-refractivity contribution in [3.05, 3.63) is 74.8 Å². The number of hydrogen-bond acceptors (Lipinski definition) is 3. The third-order valence-corrected chi connectivity index (χ3v) is 4.90. The van der Waals surface area contributed by atoms with Gasteiger partial charge in [0, 0.05) is 27.8 Å². The Kier molecular flexibility index (Phi) is 4.50. The summed E-state index contributed by atoms with van der Waals surface area (Å²) >= 11 is 7.56. The number of aromatic nitrogens is 1. The van der Waals surface area contributed by atoms with Gasteiger partial charge >= 0.3 is 0 Å². The van der Waals surface area contributed by atoms with Crippen molar-refractivity contribution in [1.29, 1.82) is 5.41 Å². The van der Waals surface area contributed by atoms with E-state index in [4.69, 9.17) is 17.0 Å². The molecule has 2 aromatic carbocycles. The number of halogens is 2. The van der Waals surface area contributed by atoms with Crippen LogP contribution in [0.3, 0.4) is 0 Å². The summed E-state index contributed by atoms with van der Waals surface area (Å²) in [5.74, 6) is 0.139. The van der Waals surface area contributed by atoms with Gasteiger partial charge in [0.1, 0.15) is 5.82 Å². The van der Waals surface area contributed by atoms with Crippen molar-refractivity contribution in [2.45, 2.75) is 10.8 Å². The fraction of sp³-hybridized carbons (Fsp3) is 0.0588. The molecule has 1 aromatic heterocycles. The van der Waals surface area contributed by atoms with Gasteiger partial charge in [0.15, 0.2) is 0 Å². The van der Waals surface area contributed by atoms with E-state index in [9.17, 15) is 9.18 Å². The molecule has 116 valence electrons. The molecule has 0 unspecified atom stereocenters. The minimum Gasteiger partial charge on any atom is -0.316 e. The summed E-state index contributed by atoms with van der Waals surface area (Å²) in [5, 5.41) is 9.82. The third kappa shape index (κ3) is 3.16. The van der Waals surface area contributed by atoms with Crippen LogP contribution in [0.1, 0.15) is 11.1 Å². The summed E-state index contributed by atoms with van der Waals surface area (Å²) in [6.07, 6.45) is 0.948. The molecule has 3 nitrogen and oxygen atoms in total. The van der Waals surface area contributed by atoms with Crippen LogP contribution < -0.4 is 5.56 Å². The molecule has 1 heterocycles. The van der Waals surface area contributed by atoms with Crippen molar-refractivity contribution in [3.63, 3.8) is 0 Å². The highest BCUT2D eigenvalue weighted by Crippen LogP contribution is 2.30. The number of fused-ring (bicyclic) bond motifs is 1. The number of rotatable bonds is 4. The molecule has 0 saturated heterocycles. The average Bonchev–Trinajstić information content (AvgIpc) is 2.53. The first-order chi connectivity index (χ1) is 11.1. The fourth-order valence-corrected chi connectivity index (χ4v) is 3.65. The molecule has 2 N–H and O–H groups in total. The zero-order valence-electron chi connectivity index (χ0n) is 11.9. The summed E-state index contributed by atoms with van der Waals surface area (Å²) < 4.78 is 13.5. The average molecular weight is 347 g/mol. The maximum absolute atomic E-state index is 13.5. The van der Waals surface area contributed by atoms with Gasteiger partial charge in [-0.1, -0.05) is 29.8 Å². The van der Waals surface area contributed by atoms with Gasteiger partial charge in [-0.3, -0.25) is 4.79 Å². The van der Waals surface area contributed by atoms with Gasteiger partial charge < -0.3 is 10.4 Å². The fourth-order valence-electron chi connectivity index (χ4n) is 2.32. The summed E-state index contributed by atoms with van der Waals surface area (Å²) in [5.41, 5.74) is 0.702. The number of benzene rings is 2.